The summed E-state index contributed by atoms with van der Waals surface area (Å²) in [6.07, 6.45) is 0.0995. The van der Waals surface area contributed by atoms with E-state index in [-0.39, 0.29) is 17.4 Å². The van der Waals surface area contributed by atoms with E-state index in [0.717, 1.165) is 18.5 Å². The summed E-state index contributed by atoms with van der Waals surface area (Å²) >= 11 is 0. The molecule has 0 spiro atoms. The van der Waals surface area contributed by atoms with Crippen LogP contribution >= 0.6 is 0 Å². The van der Waals surface area contributed by atoms with E-state index in [1.54, 1.807) is 19.9 Å². The zero-order valence-corrected chi connectivity index (χ0v) is 17.5. The Balaban J connectivity index is 0.000000210. The predicted molar refractivity (Wildman–Crippen MR) is 108 cm³/mol. The Morgan fingerprint density at radius 2 is 1.36 bits per heavy atom. The number of halogens is 4. The molecule has 0 radical (unpaired) electrons. The van der Waals surface area contributed by atoms with Crippen molar-refractivity contribution in [3.63, 3.8) is 0 Å². The summed E-state index contributed by atoms with van der Waals surface area (Å²) in [5.74, 6) is -0.554. The summed E-state index contributed by atoms with van der Waals surface area (Å²) < 4.78 is 50.5. The molecule has 3 unspecified atom stereocenters. The first-order valence-corrected chi connectivity index (χ1v) is 9.53. The summed E-state index contributed by atoms with van der Waals surface area (Å²) in [6.45, 7) is 11.7. The van der Waals surface area contributed by atoms with Crippen molar-refractivity contribution in [1.82, 2.24) is 5.32 Å². The molecule has 0 amide bonds. The number of hydrogen-bond acceptors (Lipinski definition) is 1. The van der Waals surface area contributed by atoms with Gasteiger partial charge in [0.15, 0.2) is 0 Å². The minimum Gasteiger partial charge on any atom is -0.311 e. The topological polar surface area (TPSA) is 12.0 Å². The molecule has 0 aromatic heterocycles. The molecule has 1 N–H and O–H groups in total. The molecule has 28 heavy (non-hydrogen) atoms. The van der Waals surface area contributed by atoms with Gasteiger partial charge < -0.3 is 5.32 Å². The summed E-state index contributed by atoms with van der Waals surface area (Å²) in [5, 5.41) is 3.11. The summed E-state index contributed by atoms with van der Waals surface area (Å²) in [7, 11) is 0. The summed E-state index contributed by atoms with van der Waals surface area (Å²) in [4.78, 5) is 0. The number of piperidine rings is 1. The minimum atomic E-state index is -0.631. The normalized spacial score (nSPS) is 21.1. The first-order chi connectivity index (χ1) is 13.0. The molecule has 156 valence electrons. The van der Waals surface area contributed by atoms with Crippen LogP contribution in [0.15, 0.2) is 30.3 Å². The van der Waals surface area contributed by atoms with Crippen LogP contribution in [0.4, 0.5) is 17.6 Å². The Labute approximate surface area is 166 Å². The van der Waals surface area contributed by atoms with Crippen LogP contribution in [0.25, 0.3) is 0 Å². The third-order valence-electron chi connectivity index (χ3n) is 4.71. The van der Waals surface area contributed by atoms with Gasteiger partial charge in [-0.25, -0.2) is 17.6 Å². The number of rotatable bonds is 0. The standard InChI is InChI=1S/C8H8F2.C8H9F.C7H14FN/c1-5-3-7(9)6(2)8(10)4-5;1-6-3-4-7(2)8(9)5-6;1-5-3-7(8)6(2)9-4-5/h3-4H,1-2H3;3-5H,1-2H3;5-7,9H,3-4H2,1-2H3. The number of benzene rings is 2. The van der Waals surface area contributed by atoms with Crippen LogP contribution in [-0.2, 0) is 0 Å². The number of hydrogen-bond donors (Lipinski definition) is 1. The van der Waals surface area contributed by atoms with Crippen molar-refractivity contribution in [2.75, 3.05) is 6.54 Å². The second-order valence-corrected chi connectivity index (χ2v) is 7.66. The average molecular weight is 398 g/mol. The lowest BCUT2D eigenvalue weighted by Crippen LogP contribution is -2.43. The van der Waals surface area contributed by atoms with Gasteiger partial charge in [0.05, 0.1) is 0 Å². The lowest BCUT2D eigenvalue weighted by Gasteiger charge is -2.28. The fourth-order valence-corrected chi connectivity index (χ4v) is 2.66. The summed E-state index contributed by atoms with van der Waals surface area (Å²) in [6, 6.07) is 7.93. The van der Waals surface area contributed by atoms with Gasteiger partial charge in [-0.3, -0.25) is 0 Å². The van der Waals surface area contributed by atoms with Crippen molar-refractivity contribution in [2.45, 2.75) is 60.2 Å². The zero-order chi connectivity index (χ0) is 21.4. The van der Waals surface area contributed by atoms with Gasteiger partial charge in [0.2, 0.25) is 0 Å². The smallest absolute Gasteiger partial charge is 0.129 e. The Morgan fingerprint density at radius 1 is 0.821 bits per heavy atom. The summed E-state index contributed by atoms with van der Waals surface area (Å²) in [5.41, 5.74) is 2.38. The lowest BCUT2D eigenvalue weighted by atomic mass is 9.96. The van der Waals surface area contributed by atoms with Crippen molar-refractivity contribution in [1.29, 1.82) is 0 Å². The van der Waals surface area contributed by atoms with Gasteiger partial charge in [-0.1, -0.05) is 19.1 Å². The highest BCUT2D eigenvalue weighted by Crippen LogP contribution is 2.16. The van der Waals surface area contributed by atoms with Crippen LogP contribution in [-0.4, -0.2) is 18.8 Å². The highest BCUT2D eigenvalue weighted by atomic mass is 19.1. The van der Waals surface area contributed by atoms with Crippen LogP contribution in [0.2, 0.25) is 0 Å². The van der Waals surface area contributed by atoms with E-state index in [0.29, 0.717) is 17.0 Å². The minimum absolute atomic E-state index is 0.0706. The highest BCUT2D eigenvalue weighted by molar-refractivity contribution is 5.24. The number of nitrogens with one attached hydrogen (secondary N) is 1. The Morgan fingerprint density at radius 3 is 1.79 bits per heavy atom. The lowest BCUT2D eigenvalue weighted by molar-refractivity contribution is 0.175. The molecule has 1 saturated heterocycles. The molecule has 3 rings (SSSR count). The van der Waals surface area contributed by atoms with Crippen LogP contribution < -0.4 is 5.32 Å². The van der Waals surface area contributed by atoms with E-state index in [4.69, 9.17) is 0 Å². The SMILES string of the molecule is CC1CNC(C)C(F)C1.Cc1cc(F)c(C)c(F)c1.Cc1ccc(C)c(F)c1. The molecule has 1 aliphatic heterocycles. The van der Waals surface area contributed by atoms with Gasteiger partial charge in [0.1, 0.15) is 23.6 Å². The highest BCUT2D eigenvalue weighted by Gasteiger charge is 2.23. The van der Waals surface area contributed by atoms with Crippen LogP contribution in [0, 0.1) is 51.1 Å². The zero-order valence-electron chi connectivity index (χ0n) is 17.5. The Hall–Kier alpha value is -1.88. The van der Waals surface area contributed by atoms with Crippen molar-refractivity contribution >= 4 is 0 Å². The van der Waals surface area contributed by atoms with E-state index in [9.17, 15) is 17.6 Å². The Kier molecular flexibility index (Phi) is 9.66. The third kappa shape index (κ3) is 8.01. The molecule has 1 heterocycles. The van der Waals surface area contributed by atoms with Crippen LogP contribution in [0.1, 0.15) is 42.5 Å². The number of alkyl halides is 1. The molecule has 0 saturated carbocycles. The Bertz CT molecular complexity index is 737. The van der Waals surface area contributed by atoms with Crippen molar-refractivity contribution < 1.29 is 17.6 Å². The van der Waals surface area contributed by atoms with E-state index in [1.165, 1.54) is 25.1 Å². The maximum atomic E-state index is 12.8. The van der Waals surface area contributed by atoms with Crippen LogP contribution in [0.3, 0.4) is 0 Å². The largest absolute Gasteiger partial charge is 0.311 e. The number of aryl methyl sites for hydroxylation is 3. The molecule has 1 aliphatic rings. The molecule has 5 heteroatoms. The first-order valence-electron chi connectivity index (χ1n) is 9.53. The van der Waals surface area contributed by atoms with Gasteiger partial charge in [0.25, 0.3) is 0 Å². The molecule has 2 aromatic carbocycles. The molecule has 1 fully saturated rings. The van der Waals surface area contributed by atoms with Crippen LogP contribution in [0.5, 0.6) is 0 Å². The fourth-order valence-electron chi connectivity index (χ4n) is 2.66. The molecule has 0 bridgehead atoms. The second-order valence-electron chi connectivity index (χ2n) is 7.66. The second kappa shape index (κ2) is 11.2. The maximum absolute atomic E-state index is 12.8. The van der Waals surface area contributed by atoms with Gasteiger partial charge in [-0.2, -0.15) is 0 Å². The molecular weight excluding hydrogens is 366 g/mol. The van der Waals surface area contributed by atoms with Crippen molar-refractivity contribution in [3.8, 4) is 0 Å². The maximum Gasteiger partial charge on any atom is 0.129 e. The predicted octanol–water partition coefficient (Wildman–Crippen LogP) is 6.37. The van der Waals surface area contributed by atoms with Gasteiger partial charge in [0, 0.05) is 11.6 Å². The van der Waals surface area contributed by atoms with Crippen molar-refractivity contribution in [3.05, 3.63) is 70.0 Å². The van der Waals surface area contributed by atoms with E-state index in [1.807, 2.05) is 19.9 Å². The fraction of sp³-hybridized carbons (Fsp3) is 0.478. The molecule has 0 aliphatic carbocycles. The van der Waals surface area contributed by atoms with E-state index < -0.39 is 17.8 Å². The quantitative estimate of drug-likeness (QED) is 0.510. The molecule has 3 atom stereocenters. The van der Waals surface area contributed by atoms with Gasteiger partial charge in [-0.05, 0) is 88.4 Å². The van der Waals surface area contributed by atoms with E-state index in [2.05, 4.69) is 12.2 Å². The van der Waals surface area contributed by atoms with E-state index >= 15 is 0 Å². The van der Waals surface area contributed by atoms with Gasteiger partial charge in [-0.15, -0.1) is 0 Å². The molecular formula is C23H31F4N. The molecule has 2 aromatic rings. The average Bonchev–Trinajstić information content (AvgIpc) is 2.61. The third-order valence-corrected chi connectivity index (χ3v) is 4.71. The first kappa shape index (κ1) is 24.2. The molecule has 1 nitrogen and oxygen atoms in total. The van der Waals surface area contributed by atoms with Gasteiger partial charge >= 0.3 is 0 Å². The van der Waals surface area contributed by atoms with Crippen molar-refractivity contribution in [2.24, 2.45) is 5.92 Å². The monoisotopic (exact) mass is 397 g/mol.